The molecule has 21 heavy (non-hydrogen) atoms. The number of urea groups is 1. The van der Waals surface area contributed by atoms with Crippen LogP contribution in [0.25, 0.3) is 0 Å². The molecular formula is C12H12F6N2O. The second-order valence-electron chi connectivity index (χ2n) is 4.27. The molecule has 1 aromatic rings. The number of amides is 2. The zero-order chi connectivity index (χ0) is 16.3. The summed E-state index contributed by atoms with van der Waals surface area (Å²) in [5.74, 6) is 0. The first kappa shape index (κ1) is 17.1. The number of hydrogen-bond donors (Lipinski definition) is 2. The van der Waals surface area contributed by atoms with Crippen molar-refractivity contribution in [3.8, 4) is 0 Å². The van der Waals surface area contributed by atoms with Crippen LogP contribution in [0.5, 0.6) is 0 Å². The van der Waals surface area contributed by atoms with Gasteiger partial charge in [-0.2, -0.15) is 26.3 Å². The van der Waals surface area contributed by atoms with E-state index in [2.05, 4.69) is 0 Å². The lowest BCUT2D eigenvalue weighted by atomic mass is 10.1. The SMILES string of the molecule is C[C@@H](NC(=O)NC(C(F)(F)F)C(F)(F)F)c1ccccc1. The van der Waals surface area contributed by atoms with E-state index in [1.165, 1.54) is 6.92 Å². The van der Waals surface area contributed by atoms with Crippen molar-refractivity contribution in [3.63, 3.8) is 0 Å². The van der Waals surface area contributed by atoms with Gasteiger partial charge in [0, 0.05) is 0 Å². The first-order chi connectivity index (χ1) is 9.51. The molecule has 1 aromatic carbocycles. The zero-order valence-corrected chi connectivity index (χ0v) is 10.7. The number of halogens is 6. The molecule has 0 unspecified atom stereocenters. The van der Waals surface area contributed by atoms with Crippen molar-refractivity contribution in [2.24, 2.45) is 0 Å². The maximum Gasteiger partial charge on any atom is 0.417 e. The van der Waals surface area contributed by atoms with Crippen LogP contribution in [0, 0.1) is 0 Å². The molecule has 0 fully saturated rings. The largest absolute Gasteiger partial charge is 0.417 e. The summed E-state index contributed by atoms with van der Waals surface area (Å²) in [4.78, 5) is 11.3. The minimum absolute atomic E-state index is 0.545. The van der Waals surface area contributed by atoms with Gasteiger partial charge in [-0.15, -0.1) is 0 Å². The fraction of sp³-hybridized carbons (Fsp3) is 0.417. The molecule has 2 N–H and O–H groups in total. The fourth-order valence-corrected chi connectivity index (χ4v) is 1.54. The lowest BCUT2D eigenvalue weighted by Crippen LogP contribution is -2.57. The summed E-state index contributed by atoms with van der Waals surface area (Å²) in [7, 11) is 0. The van der Waals surface area contributed by atoms with Crippen molar-refractivity contribution in [1.82, 2.24) is 10.6 Å². The Bertz CT molecular complexity index is 457. The normalized spacial score (nSPS) is 13.9. The van der Waals surface area contributed by atoms with Crippen LogP contribution >= 0.6 is 0 Å². The lowest BCUT2D eigenvalue weighted by molar-refractivity contribution is -0.255. The molecule has 1 rings (SSSR count). The van der Waals surface area contributed by atoms with Gasteiger partial charge < -0.3 is 10.6 Å². The molecule has 0 aliphatic rings. The van der Waals surface area contributed by atoms with Crippen LogP contribution < -0.4 is 10.6 Å². The van der Waals surface area contributed by atoms with Crippen LogP contribution in [-0.4, -0.2) is 24.4 Å². The minimum atomic E-state index is -5.62. The first-order valence-electron chi connectivity index (χ1n) is 5.77. The standard InChI is InChI=1S/C12H12F6N2O/c1-7(8-5-3-2-4-6-8)19-10(21)20-9(11(13,14)15)12(16,17)18/h2-7,9H,1H3,(H2,19,20,21)/t7-/m1/s1. The molecule has 0 aliphatic carbocycles. The maximum absolute atomic E-state index is 12.3. The molecule has 9 heteroatoms. The second kappa shape index (κ2) is 6.23. The highest BCUT2D eigenvalue weighted by atomic mass is 19.4. The summed E-state index contributed by atoms with van der Waals surface area (Å²) in [6, 6.07) is 1.89. The van der Waals surface area contributed by atoms with Gasteiger partial charge in [-0.25, -0.2) is 4.79 Å². The van der Waals surface area contributed by atoms with Crippen LogP contribution in [0.3, 0.4) is 0 Å². The summed E-state index contributed by atoms with van der Waals surface area (Å²) in [6.07, 6.45) is -11.2. The van der Waals surface area contributed by atoms with E-state index in [1.807, 2.05) is 5.32 Å². The lowest BCUT2D eigenvalue weighted by Gasteiger charge is -2.25. The molecule has 0 heterocycles. The Morgan fingerprint density at radius 1 is 0.952 bits per heavy atom. The molecule has 1 atom stereocenters. The van der Waals surface area contributed by atoms with E-state index in [1.54, 1.807) is 30.3 Å². The Morgan fingerprint density at radius 3 is 1.86 bits per heavy atom. The van der Waals surface area contributed by atoms with Gasteiger partial charge in [0.2, 0.25) is 6.04 Å². The number of rotatable bonds is 3. The van der Waals surface area contributed by atoms with Crippen molar-refractivity contribution in [2.75, 3.05) is 0 Å². The molecular weight excluding hydrogens is 302 g/mol. The third-order valence-electron chi connectivity index (χ3n) is 2.58. The van der Waals surface area contributed by atoms with Gasteiger partial charge in [0.1, 0.15) is 0 Å². The van der Waals surface area contributed by atoms with E-state index in [0.29, 0.717) is 5.56 Å². The van der Waals surface area contributed by atoms with E-state index < -0.39 is 30.5 Å². The van der Waals surface area contributed by atoms with Gasteiger partial charge in [0.15, 0.2) is 0 Å². The Labute approximate surface area is 116 Å². The quantitative estimate of drug-likeness (QED) is 0.823. The van der Waals surface area contributed by atoms with Crippen molar-refractivity contribution in [3.05, 3.63) is 35.9 Å². The topological polar surface area (TPSA) is 41.1 Å². The Balaban J connectivity index is 2.71. The second-order valence-corrected chi connectivity index (χ2v) is 4.27. The highest BCUT2D eigenvalue weighted by Crippen LogP contribution is 2.33. The smallest absolute Gasteiger partial charge is 0.332 e. The molecule has 0 saturated carbocycles. The first-order valence-corrected chi connectivity index (χ1v) is 5.77. The summed E-state index contributed by atoms with van der Waals surface area (Å²) < 4.78 is 73.6. The molecule has 3 nitrogen and oxygen atoms in total. The number of benzene rings is 1. The minimum Gasteiger partial charge on any atom is -0.332 e. The van der Waals surface area contributed by atoms with Gasteiger partial charge in [-0.05, 0) is 12.5 Å². The van der Waals surface area contributed by atoms with E-state index in [0.717, 1.165) is 5.32 Å². The number of hydrogen-bond acceptors (Lipinski definition) is 1. The van der Waals surface area contributed by atoms with Crippen LogP contribution in [0.1, 0.15) is 18.5 Å². The fourth-order valence-electron chi connectivity index (χ4n) is 1.54. The molecule has 0 saturated heterocycles. The Morgan fingerprint density at radius 2 is 1.43 bits per heavy atom. The zero-order valence-electron chi connectivity index (χ0n) is 10.7. The molecule has 118 valence electrons. The Hall–Kier alpha value is -1.93. The van der Waals surface area contributed by atoms with E-state index in [9.17, 15) is 31.1 Å². The van der Waals surface area contributed by atoms with Crippen molar-refractivity contribution in [2.45, 2.75) is 31.4 Å². The summed E-state index contributed by atoms with van der Waals surface area (Å²) >= 11 is 0. The molecule has 0 spiro atoms. The van der Waals surface area contributed by atoms with Crippen LogP contribution in [0.2, 0.25) is 0 Å². The van der Waals surface area contributed by atoms with E-state index in [4.69, 9.17) is 0 Å². The van der Waals surface area contributed by atoms with Gasteiger partial charge >= 0.3 is 18.4 Å². The summed E-state index contributed by atoms with van der Waals surface area (Å²) in [5, 5.41) is 2.92. The van der Waals surface area contributed by atoms with Gasteiger partial charge in [0.25, 0.3) is 0 Å². The Kier molecular flexibility index (Phi) is 5.08. The monoisotopic (exact) mass is 314 g/mol. The average Bonchev–Trinajstić information content (AvgIpc) is 2.34. The van der Waals surface area contributed by atoms with Crippen molar-refractivity contribution in [1.29, 1.82) is 0 Å². The molecule has 0 radical (unpaired) electrons. The van der Waals surface area contributed by atoms with Crippen LogP contribution in [-0.2, 0) is 0 Å². The molecule has 0 bridgehead atoms. The highest BCUT2D eigenvalue weighted by molar-refractivity contribution is 5.75. The number of carbonyl (C=O) groups excluding carboxylic acids is 1. The van der Waals surface area contributed by atoms with E-state index in [-0.39, 0.29) is 0 Å². The maximum atomic E-state index is 12.3. The number of carbonyl (C=O) groups is 1. The van der Waals surface area contributed by atoms with Gasteiger partial charge in [-0.1, -0.05) is 30.3 Å². The van der Waals surface area contributed by atoms with Crippen molar-refractivity contribution >= 4 is 6.03 Å². The molecule has 2 amide bonds. The average molecular weight is 314 g/mol. The summed E-state index contributed by atoms with van der Waals surface area (Å²) in [5.41, 5.74) is 0.545. The number of alkyl halides is 6. The van der Waals surface area contributed by atoms with Gasteiger partial charge in [0.05, 0.1) is 6.04 Å². The summed E-state index contributed by atoms with van der Waals surface area (Å²) in [6.45, 7) is 1.44. The van der Waals surface area contributed by atoms with Gasteiger partial charge in [-0.3, -0.25) is 0 Å². The predicted molar refractivity (Wildman–Crippen MR) is 62.4 cm³/mol. The molecule has 0 aliphatic heterocycles. The predicted octanol–water partition coefficient (Wildman–Crippen LogP) is 3.54. The number of nitrogens with one attached hydrogen (secondary N) is 2. The third-order valence-corrected chi connectivity index (χ3v) is 2.58. The highest BCUT2D eigenvalue weighted by Gasteiger charge is 2.57. The van der Waals surface area contributed by atoms with Crippen LogP contribution in [0.15, 0.2) is 30.3 Å². The molecule has 0 aromatic heterocycles. The third kappa shape index (κ3) is 5.16. The van der Waals surface area contributed by atoms with Crippen molar-refractivity contribution < 1.29 is 31.1 Å². The van der Waals surface area contributed by atoms with E-state index >= 15 is 0 Å². The van der Waals surface area contributed by atoms with Crippen LogP contribution in [0.4, 0.5) is 31.1 Å².